The van der Waals surface area contributed by atoms with Crippen molar-refractivity contribution < 1.29 is 9.53 Å². The standard InChI is InChI=1S/C12H10N2O2/c1-16-10-3-2-9-4-5-12(7-13,14-8-15)11(9)6-10/h2-3,6H,4-5H2,1H3. The Labute approximate surface area is 93.2 Å². The SMILES string of the molecule is COc1ccc2c(c1)C(C#N)(N=C=O)CC2. The van der Waals surface area contributed by atoms with Crippen LogP contribution in [0.5, 0.6) is 5.75 Å². The van der Waals surface area contributed by atoms with Crippen LogP contribution in [-0.2, 0) is 16.8 Å². The van der Waals surface area contributed by atoms with Gasteiger partial charge in [-0.3, -0.25) is 0 Å². The van der Waals surface area contributed by atoms with E-state index in [1.807, 2.05) is 12.1 Å². The summed E-state index contributed by atoms with van der Waals surface area (Å²) in [5.74, 6) is 0.668. The molecular formula is C12H10N2O2. The number of benzene rings is 1. The molecule has 2 rings (SSSR count). The van der Waals surface area contributed by atoms with Crippen molar-refractivity contribution in [3.05, 3.63) is 29.3 Å². The molecule has 0 fully saturated rings. The Morgan fingerprint density at radius 1 is 1.56 bits per heavy atom. The van der Waals surface area contributed by atoms with Crippen molar-refractivity contribution in [2.75, 3.05) is 7.11 Å². The molecule has 80 valence electrons. The number of methoxy groups -OCH3 is 1. The number of nitrogens with zero attached hydrogens (tertiary/aromatic N) is 2. The largest absolute Gasteiger partial charge is 0.497 e. The first-order valence-corrected chi connectivity index (χ1v) is 4.93. The molecule has 4 nitrogen and oxygen atoms in total. The van der Waals surface area contributed by atoms with Crippen LogP contribution >= 0.6 is 0 Å². The highest BCUT2D eigenvalue weighted by atomic mass is 16.5. The zero-order chi connectivity index (χ0) is 11.6. The van der Waals surface area contributed by atoms with Crippen LogP contribution in [0.1, 0.15) is 17.5 Å². The molecule has 0 radical (unpaired) electrons. The predicted octanol–water partition coefficient (Wildman–Crippen LogP) is 1.70. The van der Waals surface area contributed by atoms with E-state index < -0.39 is 5.54 Å². The van der Waals surface area contributed by atoms with Crippen molar-refractivity contribution in [1.29, 1.82) is 5.26 Å². The van der Waals surface area contributed by atoms with Gasteiger partial charge in [0.2, 0.25) is 6.08 Å². The van der Waals surface area contributed by atoms with Crippen LogP contribution in [0, 0.1) is 11.3 Å². The van der Waals surface area contributed by atoms with Crippen LogP contribution in [0.15, 0.2) is 23.2 Å². The Morgan fingerprint density at radius 2 is 2.38 bits per heavy atom. The van der Waals surface area contributed by atoms with E-state index in [1.165, 1.54) is 6.08 Å². The molecule has 0 saturated carbocycles. The molecule has 1 aliphatic carbocycles. The first-order valence-electron chi connectivity index (χ1n) is 4.93. The fraction of sp³-hybridized carbons (Fsp3) is 0.333. The Balaban J connectivity index is 2.60. The van der Waals surface area contributed by atoms with Crippen molar-refractivity contribution >= 4 is 6.08 Å². The third-order valence-electron chi connectivity index (χ3n) is 2.94. The number of ether oxygens (including phenoxy) is 1. The minimum absolute atomic E-state index is 0.529. The maximum Gasteiger partial charge on any atom is 0.236 e. The van der Waals surface area contributed by atoms with Crippen LogP contribution in [0.2, 0.25) is 0 Å². The van der Waals surface area contributed by atoms with E-state index in [1.54, 1.807) is 13.2 Å². The van der Waals surface area contributed by atoms with Gasteiger partial charge in [0, 0.05) is 5.56 Å². The summed E-state index contributed by atoms with van der Waals surface area (Å²) in [4.78, 5) is 14.1. The lowest BCUT2D eigenvalue weighted by atomic mass is 9.94. The summed E-state index contributed by atoms with van der Waals surface area (Å²) in [5, 5.41) is 9.19. The normalized spacial score (nSPS) is 21.8. The molecule has 0 saturated heterocycles. The quantitative estimate of drug-likeness (QED) is 0.556. The summed E-state index contributed by atoms with van der Waals surface area (Å²) in [5.41, 5.74) is 0.741. The molecule has 4 heteroatoms. The molecule has 1 aromatic carbocycles. The topological polar surface area (TPSA) is 62.4 Å². The monoisotopic (exact) mass is 214 g/mol. The van der Waals surface area contributed by atoms with Gasteiger partial charge in [0.25, 0.3) is 0 Å². The van der Waals surface area contributed by atoms with Crippen LogP contribution in [-0.4, -0.2) is 13.2 Å². The average molecular weight is 214 g/mol. The fourth-order valence-corrected chi connectivity index (χ4v) is 2.07. The third-order valence-corrected chi connectivity index (χ3v) is 2.94. The highest BCUT2D eigenvalue weighted by Gasteiger charge is 2.39. The maximum atomic E-state index is 10.4. The van der Waals surface area contributed by atoms with E-state index in [2.05, 4.69) is 11.1 Å². The molecule has 16 heavy (non-hydrogen) atoms. The summed E-state index contributed by atoms with van der Waals surface area (Å²) >= 11 is 0. The van der Waals surface area contributed by atoms with E-state index >= 15 is 0 Å². The van der Waals surface area contributed by atoms with Crippen LogP contribution in [0.25, 0.3) is 0 Å². The summed E-state index contributed by atoms with van der Waals surface area (Å²) in [6.45, 7) is 0. The summed E-state index contributed by atoms with van der Waals surface area (Å²) in [6, 6.07) is 7.63. The van der Waals surface area contributed by atoms with Crippen molar-refractivity contribution in [3.63, 3.8) is 0 Å². The maximum absolute atomic E-state index is 10.4. The van der Waals surface area contributed by atoms with Gasteiger partial charge in [-0.15, -0.1) is 0 Å². The zero-order valence-electron chi connectivity index (χ0n) is 8.86. The first kappa shape index (κ1) is 10.4. The lowest BCUT2D eigenvalue weighted by molar-refractivity contribution is 0.413. The van der Waals surface area contributed by atoms with Gasteiger partial charge in [-0.2, -0.15) is 10.3 Å². The minimum Gasteiger partial charge on any atom is -0.497 e. The van der Waals surface area contributed by atoms with Crippen LogP contribution in [0.4, 0.5) is 0 Å². The van der Waals surface area contributed by atoms with Crippen molar-refractivity contribution in [2.45, 2.75) is 18.4 Å². The highest BCUT2D eigenvalue weighted by Crippen LogP contribution is 2.41. The first-order chi connectivity index (χ1) is 7.75. The number of aliphatic imine (C=N–C) groups is 1. The van der Waals surface area contributed by atoms with Crippen LogP contribution < -0.4 is 4.74 Å². The molecule has 0 bridgehead atoms. The van der Waals surface area contributed by atoms with E-state index in [0.717, 1.165) is 17.5 Å². The molecule has 1 unspecified atom stereocenters. The molecule has 1 atom stereocenters. The Hall–Kier alpha value is -2.11. The molecule has 1 aliphatic rings. The number of hydrogen-bond acceptors (Lipinski definition) is 4. The molecule has 0 N–H and O–H groups in total. The Bertz CT molecular complexity index is 512. The summed E-state index contributed by atoms with van der Waals surface area (Å²) < 4.78 is 5.11. The minimum atomic E-state index is -1.06. The second-order valence-electron chi connectivity index (χ2n) is 3.70. The highest BCUT2D eigenvalue weighted by molar-refractivity contribution is 5.50. The van der Waals surface area contributed by atoms with Gasteiger partial charge in [-0.25, -0.2) is 4.79 Å². The fourth-order valence-electron chi connectivity index (χ4n) is 2.07. The second-order valence-corrected chi connectivity index (χ2v) is 3.70. The molecule has 0 aromatic heterocycles. The van der Waals surface area contributed by atoms with E-state index in [9.17, 15) is 10.1 Å². The lowest BCUT2D eigenvalue weighted by Crippen LogP contribution is -2.17. The molecule has 1 aromatic rings. The van der Waals surface area contributed by atoms with Gasteiger partial charge < -0.3 is 4.74 Å². The van der Waals surface area contributed by atoms with Gasteiger partial charge in [0.05, 0.1) is 13.2 Å². The van der Waals surface area contributed by atoms with Crippen molar-refractivity contribution in [2.24, 2.45) is 4.99 Å². The number of hydrogen-bond donors (Lipinski definition) is 0. The lowest BCUT2D eigenvalue weighted by Gasteiger charge is -2.14. The summed E-state index contributed by atoms with van der Waals surface area (Å²) in [7, 11) is 1.56. The van der Waals surface area contributed by atoms with Gasteiger partial charge in [-0.05, 0) is 30.5 Å². The summed E-state index contributed by atoms with van der Waals surface area (Å²) in [6.07, 6.45) is 2.77. The number of fused-ring (bicyclic) bond motifs is 1. The van der Waals surface area contributed by atoms with E-state index in [-0.39, 0.29) is 0 Å². The van der Waals surface area contributed by atoms with Gasteiger partial charge >= 0.3 is 0 Å². The molecular weight excluding hydrogens is 204 g/mol. The second kappa shape index (κ2) is 3.80. The number of isocyanates is 1. The molecule has 0 heterocycles. The molecule has 0 spiro atoms. The molecule has 0 amide bonds. The number of nitriles is 1. The Morgan fingerprint density at radius 3 is 3.00 bits per heavy atom. The average Bonchev–Trinajstić information content (AvgIpc) is 2.69. The van der Waals surface area contributed by atoms with Crippen LogP contribution in [0.3, 0.4) is 0 Å². The number of aryl methyl sites for hydroxylation is 1. The van der Waals surface area contributed by atoms with Gasteiger partial charge in [-0.1, -0.05) is 6.07 Å². The van der Waals surface area contributed by atoms with Gasteiger partial charge in [0.15, 0.2) is 5.54 Å². The number of rotatable bonds is 2. The smallest absolute Gasteiger partial charge is 0.236 e. The third kappa shape index (κ3) is 1.39. The Kier molecular flexibility index (Phi) is 2.47. The predicted molar refractivity (Wildman–Crippen MR) is 56.7 cm³/mol. The van der Waals surface area contributed by atoms with E-state index in [4.69, 9.17) is 4.74 Å². The van der Waals surface area contributed by atoms with Crippen molar-refractivity contribution in [3.8, 4) is 11.8 Å². The van der Waals surface area contributed by atoms with Gasteiger partial charge in [0.1, 0.15) is 5.75 Å². The number of carbonyl (C=O) groups excluding carboxylic acids is 1. The zero-order valence-corrected chi connectivity index (χ0v) is 8.86. The van der Waals surface area contributed by atoms with Crippen molar-refractivity contribution in [1.82, 2.24) is 0 Å². The molecule has 0 aliphatic heterocycles. The van der Waals surface area contributed by atoms with E-state index in [0.29, 0.717) is 12.2 Å².